The van der Waals surface area contributed by atoms with Gasteiger partial charge in [0.2, 0.25) is 0 Å². The van der Waals surface area contributed by atoms with E-state index in [4.69, 9.17) is 0 Å². The molecule has 1 aliphatic rings. The number of benzene rings is 8. The molecule has 1 unspecified atom stereocenters. The molecule has 1 aromatic heterocycles. The number of hydrogen-bond acceptors (Lipinski definition) is 1. The molecule has 0 N–H and O–H groups in total. The molecule has 8 aromatic carbocycles. The minimum atomic E-state index is -3.31. The molecule has 0 saturated heterocycles. The second-order valence-electron chi connectivity index (χ2n) is 12.9. The maximum atomic E-state index is 16.3. The summed E-state index contributed by atoms with van der Waals surface area (Å²) in [5.74, 6) is 0. The van der Waals surface area contributed by atoms with Crippen molar-refractivity contribution in [3.05, 3.63) is 182 Å². The molecule has 2 nitrogen and oxygen atoms in total. The first-order valence-electron chi connectivity index (χ1n) is 16.7. The van der Waals surface area contributed by atoms with Crippen LogP contribution < -0.4 is 15.9 Å². The van der Waals surface area contributed by atoms with Gasteiger partial charge in [-0.25, -0.2) is 0 Å². The van der Waals surface area contributed by atoms with E-state index in [-0.39, 0.29) is 0 Å². The van der Waals surface area contributed by atoms with Crippen molar-refractivity contribution in [2.24, 2.45) is 0 Å². The minimum Gasteiger partial charge on any atom is -0.309 e. The summed E-state index contributed by atoms with van der Waals surface area (Å²) >= 11 is 0. The van der Waals surface area contributed by atoms with E-state index in [0.717, 1.165) is 76.4 Å². The summed E-state index contributed by atoms with van der Waals surface area (Å²) in [5, 5.41) is 7.11. The van der Waals surface area contributed by atoms with E-state index in [1.165, 1.54) is 11.1 Å². The molecule has 1 aliphatic heterocycles. The molecule has 0 saturated carbocycles. The average molecular weight is 644 g/mol. The number of aromatic nitrogens is 1. The Kier molecular flexibility index (Phi) is 6.19. The molecule has 0 spiro atoms. The van der Waals surface area contributed by atoms with Crippen LogP contribution in [0.4, 0.5) is 0 Å². The van der Waals surface area contributed by atoms with Gasteiger partial charge in [0.25, 0.3) is 0 Å². The molecule has 0 amide bonds. The molecule has 9 aromatic rings. The van der Waals surface area contributed by atoms with E-state index in [9.17, 15) is 0 Å². The number of fused-ring (bicyclic) bond motifs is 5. The fourth-order valence-corrected chi connectivity index (χ4v) is 11.1. The van der Waals surface area contributed by atoms with E-state index in [1.54, 1.807) is 0 Å². The van der Waals surface area contributed by atoms with Crippen LogP contribution in [0.5, 0.6) is 0 Å². The molecule has 0 fully saturated rings. The first-order valence-corrected chi connectivity index (χ1v) is 18.4. The van der Waals surface area contributed by atoms with Gasteiger partial charge in [0.05, 0.1) is 11.0 Å². The molecule has 0 aliphatic carbocycles. The molecular weight excluding hydrogens is 613 g/mol. The fourth-order valence-electron chi connectivity index (χ4n) is 7.94. The van der Waals surface area contributed by atoms with Gasteiger partial charge in [0, 0.05) is 37.8 Å². The maximum absolute atomic E-state index is 16.3. The van der Waals surface area contributed by atoms with Crippen molar-refractivity contribution in [1.82, 2.24) is 4.57 Å². The van der Waals surface area contributed by atoms with Crippen LogP contribution in [0, 0.1) is 0 Å². The lowest BCUT2D eigenvalue weighted by Gasteiger charge is -2.30. The predicted molar refractivity (Wildman–Crippen MR) is 208 cm³/mol. The van der Waals surface area contributed by atoms with Crippen LogP contribution in [0.1, 0.15) is 0 Å². The standard InChI is InChI=1S/C46H30NOP/c48-49(37-22-10-20-35(28-37)32-15-5-2-6-16-32)44-26-12-18-33-17-11-24-39(46(33)44)41-29-43-40(30-45(41)49)38-23-7-8-25-42(38)47(43)36-21-9-19-34(27-36)31-13-3-1-4-14-31/h1-30H. The zero-order valence-corrected chi connectivity index (χ0v) is 27.5. The molecule has 1 atom stereocenters. The van der Waals surface area contributed by atoms with Crippen LogP contribution in [0.25, 0.3) is 71.6 Å². The second kappa shape index (κ2) is 10.8. The Labute approximate surface area is 284 Å². The number of hydrogen-bond donors (Lipinski definition) is 0. The molecule has 2 heterocycles. The first-order chi connectivity index (χ1) is 24.2. The van der Waals surface area contributed by atoms with E-state index in [2.05, 4.69) is 180 Å². The van der Waals surface area contributed by atoms with Crippen LogP contribution in [0.2, 0.25) is 0 Å². The Bertz CT molecular complexity index is 2790. The van der Waals surface area contributed by atoms with Gasteiger partial charge in [-0.3, -0.25) is 0 Å². The third-order valence-electron chi connectivity index (χ3n) is 10.2. The first kappa shape index (κ1) is 28.1. The Morgan fingerprint density at radius 1 is 0.408 bits per heavy atom. The third kappa shape index (κ3) is 4.18. The van der Waals surface area contributed by atoms with Crippen LogP contribution >= 0.6 is 7.14 Å². The highest BCUT2D eigenvalue weighted by Crippen LogP contribution is 2.53. The molecule has 0 bridgehead atoms. The van der Waals surface area contributed by atoms with Crippen molar-refractivity contribution < 1.29 is 4.57 Å². The van der Waals surface area contributed by atoms with Gasteiger partial charge in [-0.05, 0) is 75.2 Å². The van der Waals surface area contributed by atoms with Crippen molar-refractivity contribution in [2.75, 3.05) is 0 Å². The molecule has 0 radical (unpaired) electrons. The Hall–Kier alpha value is -5.95. The molecular formula is C46H30NOP. The van der Waals surface area contributed by atoms with Gasteiger partial charge >= 0.3 is 0 Å². The van der Waals surface area contributed by atoms with Gasteiger partial charge < -0.3 is 9.13 Å². The maximum Gasteiger partial charge on any atom is 0.172 e. The van der Waals surface area contributed by atoms with Crippen molar-refractivity contribution in [3.8, 4) is 39.1 Å². The minimum absolute atomic E-state index is 0.857. The summed E-state index contributed by atoms with van der Waals surface area (Å²) in [7, 11) is -3.31. The summed E-state index contributed by atoms with van der Waals surface area (Å²) in [6, 6.07) is 64.0. The second-order valence-corrected chi connectivity index (χ2v) is 15.6. The van der Waals surface area contributed by atoms with Crippen molar-refractivity contribution >= 4 is 55.6 Å². The van der Waals surface area contributed by atoms with Gasteiger partial charge in [-0.2, -0.15) is 0 Å². The highest BCUT2D eigenvalue weighted by Gasteiger charge is 2.39. The molecule has 3 heteroatoms. The lowest BCUT2D eigenvalue weighted by molar-refractivity contribution is 0.592. The van der Waals surface area contributed by atoms with Gasteiger partial charge in [-0.15, -0.1) is 0 Å². The van der Waals surface area contributed by atoms with Crippen molar-refractivity contribution in [3.63, 3.8) is 0 Å². The molecule has 10 rings (SSSR count). The molecule has 49 heavy (non-hydrogen) atoms. The van der Waals surface area contributed by atoms with E-state index < -0.39 is 7.14 Å². The summed E-state index contributed by atoms with van der Waals surface area (Å²) in [6.07, 6.45) is 0. The van der Waals surface area contributed by atoms with Gasteiger partial charge in [-0.1, -0.05) is 146 Å². The zero-order chi connectivity index (χ0) is 32.5. The molecule has 230 valence electrons. The fraction of sp³-hybridized carbons (Fsp3) is 0. The Morgan fingerprint density at radius 2 is 1.04 bits per heavy atom. The summed E-state index contributed by atoms with van der Waals surface area (Å²) in [4.78, 5) is 0. The lowest BCUT2D eigenvalue weighted by Crippen LogP contribution is -2.30. The van der Waals surface area contributed by atoms with Crippen LogP contribution in [-0.2, 0) is 4.57 Å². The zero-order valence-electron chi connectivity index (χ0n) is 26.6. The van der Waals surface area contributed by atoms with Crippen molar-refractivity contribution in [2.45, 2.75) is 0 Å². The highest BCUT2D eigenvalue weighted by molar-refractivity contribution is 7.86. The SMILES string of the molecule is O=P1(c2cccc(-c3ccccc3)c2)c2cc3c4ccccc4n(-c4cccc(-c5ccccc5)c4)c3cc2-c2cccc3cccc1c23. The smallest absolute Gasteiger partial charge is 0.172 e. The van der Waals surface area contributed by atoms with E-state index in [0.29, 0.717) is 0 Å². The largest absolute Gasteiger partial charge is 0.309 e. The quantitative estimate of drug-likeness (QED) is 0.175. The monoisotopic (exact) mass is 643 g/mol. The predicted octanol–water partition coefficient (Wildman–Crippen LogP) is 10.9. The summed E-state index contributed by atoms with van der Waals surface area (Å²) < 4.78 is 18.7. The normalized spacial score (nSPS) is 15.1. The van der Waals surface area contributed by atoms with Crippen LogP contribution in [0.15, 0.2) is 182 Å². The Balaban J connectivity index is 1.30. The number of rotatable bonds is 4. The van der Waals surface area contributed by atoms with Crippen LogP contribution in [0.3, 0.4) is 0 Å². The lowest BCUT2D eigenvalue weighted by atomic mass is 9.96. The number of nitrogens with zero attached hydrogens (tertiary/aromatic N) is 1. The average Bonchev–Trinajstić information content (AvgIpc) is 3.50. The number of para-hydroxylation sites is 1. The highest BCUT2D eigenvalue weighted by atomic mass is 31.2. The third-order valence-corrected chi connectivity index (χ3v) is 13.3. The van der Waals surface area contributed by atoms with Crippen LogP contribution in [-0.4, -0.2) is 4.57 Å². The Morgan fingerprint density at radius 3 is 1.82 bits per heavy atom. The van der Waals surface area contributed by atoms with Gasteiger partial charge in [0.15, 0.2) is 7.14 Å². The van der Waals surface area contributed by atoms with E-state index >= 15 is 4.57 Å². The van der Waals surface area contributed by atoms with Gasteiger partial charge in [0.1, 0.15) is 0 Å². The summed E-state index contributed by atoms with van der Waals surface area (Å²) in [5.41, 5.74) is 10.0. The summed E-state index contributed by atoms with van der Waals surface area (Å²) in [6.45, 7) is 0. The topological polar surface area (TPSA) is 22.0 Å². The van der Waals surface area contributed by atoms with E-state index in [1.807, 2.05) is 6.07 Å². The van der Waals surface area contributed by atoms with Crippen molar-refractivity contribution in [1.29, 1.82) is 0 Å².